The fourth-order valence-corrected chi connectivity index (χ4v) is 1.73. The summed E-state index contributed by atoms with van der Waals surface area (Å²) < 4.78 is 26.2. The van der Waals surface area contributed by atoms with Crippen molar-refractivity contribution in [3.8, 4) is 11.1 Å². The van der Waals surface area contributed by atoms with Gasteiger partial charge in [0.25, 0.3) is 0 Å². The molecule has 2 rings (SSSR count). The zero-order valence-electron chi connectivity index (χ0n) is 9.58. The normalized spacial score (nSPS) is 10.4. The van der Waals surface area contributed by atoms with Crippen molar-refractivity contribution in [1.82, 2.24) is 0 Å². The molecular weight excluding hydrogens is 238 g/mol. The average Bonchev–Trinajstić information content (AvgIpc) is 2.33. The molecular formula is C14H10F2O2. The van der Waals surface area contributed by atoms with Crippen molar-refractivity contribution in [3.63, 3.8) is 0 Å². The van der Waals surface area contributed by atoms with E-state index in [0.29, 0.717) is 16.7 Å². The van der Waals surface area contributed by atoms with Crippen LogP contribution >= 0.6 is 0 Å². The Balaban J connectivity index is 2.65. The second kappa shape index (κ2) is 4.56. The van der Waals surface area contributed by atoms with Crippen LogP contribution in [0.2, 0.25) is 0 Å². The Morgan fingerprint density at radius 3 is 2.28 bits per heavy atom. The van der Waals surface area contributed by atoms with E-state index in [0.717, 1.165) is 6.07 Å². The van der Waals surface area contributed by atoms with Crippen molar-refractivity contribution in [3.05, 3.63) is 59.2 Å². The molecule has 0 heterocycles. The third-order valence-electron chi connectivity index (χ3n) is 2.68. The molecule has 0 unspecified atom stereocenters. The van der Waals surface area contributed by atoms with Crippen molar-refractivity contribution in [2.45, 2.75) is 6.92 Å². The predicted octanol–water partition coefficient (Wildman–Crippen LogP) is 3.64. The summed E-state index contributed by atoms with van der Waals surface area (Å²) in [7, 11) is 0. The van der Waals surface area contributed by atoms with Gasteiger partial charge in [0.1, 0.15) is 11.6 Å². The summed E-state index contributed by atoms with van der Waals surface area (Å²) in [5.74, 6) is -2.19. The smallest absolute Gasteiger partial charge is 0.336 e. The number of hydrogen-bond donors (Lipinski definition) is 1. The van der Waals surface area contributed by atoms with Gasteiger partial charge in [-0.15, -0.1) is 0 Å². The Kier molecular flexibility index (Phi) is 3.10. The zero-order valence-corrected chi connectivity index (χ0v) is 9.58. The van der Waals surface area contributed by atoms with Crippen LogP contribution in [0, 0.1) is 18.6 Å². The van der Waals surface area contributed by atoms with Crippen molar-refractivity contribution in [1.29, 1.82) is 0 Å². The van der Waals surface area contributed by atoms with Gasteiger partial charge in [0, 0.05) is 0 Å². The third-order valence-corrected chi connectivity index (χ3v) is 2.68. The van der Waals surface area contributed by atoms with Crippen molar-refractivity contribution in [2.24, 2.45) is 0 Å². The van der Waals surface area contributed by atoms with Crippen LogP contribution in [0.1, 0.15) is 15.9 Å². The molecule has 2 aromatic rings. The van der Waals surface area contributed by atoms with Crippen molar-refractivity contribution in [2.75, 3.05) is 0 Å². The Morgan fingerprint density at radius 1 is 1.11 bits per heavy atom. The standard InChI is InChI=1S/C14H10F2O2/c1-8-6-11(9-2-4-10(15)5-3-9)12(14(17)18)7-13(8)16/h2-7H,1H3,(H,17,18). The molecule has 0 aromatic heterocycles. The second-order valence-corrected chi connectivity index (χ2v) is 3.96. The van der Waals surface area contributed by atoms with Gasteiger partial charge >= 0.3 is 5.97 Å². The van der Waals surface area contributed by atoms with Gasteiger partial charge in [-0.2, -0.15) is 0 Å². The molecule has 0 fully saturated rings. The first kappa shape index (κ1) is 12.2. The summed E-state index contributed by atoms with van der Waals surface area (Å²) in [6, 6.07) is 7.84. The average molecular weight is 248 g/mol. The zero-order chi connectivity index (χ0) is 13.3. The molecule has 2 nitrogen and oxygen atoms in total. The molecule has 18 heavy (non-hydrogen) atoms. The highest BCUT2D eigenvalue weighted by molar-refractivity contribution is 5.96. The molecule has 0 saturated heterocycles. The second-order valence-electron chi connectivity index (χ2n) is 3.96. The minimum absolute atomic E-state index is 0.135. The molecule has 0 aliphatic carbocycles. The summed E-state index contributed by atoms with van der Waals surface area (Å²) in [5, 5.41) is 9.06. The van der Waals surface area contributed by atoms with Gasteiger partial charge in [0.15, 0.2) is 0 Å². The Labute approximate surface area is 103 Å². The molecule has 0 bridgehead atoms. The first-order valence-corrected chi connectivity index (χ1v) is 5.28. The summed E-state index contributed by atoms with van der Waals surface area (Å²) in [6.45, 7) is 1.55. The number of halogens is 2. The van der Waals surface area contributed by atoms with Gasteiger partial charge in [0.05, 0.1) is 5.56 Å². The van der Waals surface area contributed by atoms with Crippen LogP contribution in [0.5, 0.6) is 0 Å². The third kappa shape index (κ3) is 2.22. The maximum Gasteiger partial charge on any atom is 0.336 e. The number of benzene rings is 2. The highest BCUT2D eigenvalue weighted by Crippen LogP contribution is 2.26. The summed E-state index contributed by atoms with van der Waals surface area (Å²) in [5.41, 5.74) is 1.13. The lowest BCUT2D eigenvalue weighted by molar-refractivity contribution is 0.0697. The number of rotatable bonds is 2. The number of carbonyl (C=O) groups is 1. The number of hydrogen-bond acceptors (Lipinski definition) is 1. The number of aryl methyl sites for hydroxylation is 1. The van der Waals surface area contributed by atoms with E-state index < -0.39 is 17.6 Å². The SMILES string of the molecule is Cc1cc(-c2ccc(F)cc2)c(C(=O)O)cc1F. The van der Waals surface area contributed by atoms with Crippen LogP contribution < -0.4 is 0 Å². The first-order chi connectivity index (χ1) is 8.49. The molecule has 0 aliphatic heterocycles. The van der Waals surface area contributed by atoms with Crippen LogP contribution in [0.4, 0.5) is 8.78 Å². The number of carboxylic acids is 1. The molecule has 0 spiro atoms. The Morgan fingerprint density at radius 2 is 1.72 bits per heavy atom. The van der Waals surface area contributed by atoms with Gasteiger partial charge < -0.3 is 5.11 Å². The molecule has 0 saturated carbocycles. The minimum atomic E-state index is -1.21. The number of aromatic carboxylic acids is 1. The monoisotopic (exact) mass is 248 g/mol. The quantitative estimate of drug-likeness (QED) is 0.880. The Bertz CT molecular complexity index is 604. The molecule has 1 N–H and O–H groups in total. The maximum atomic E-state index is 13.4. The van der Waals surface area contributed by atoms with E-state index in [1.165, 1.54) is 30.3 Å². The van der Waals surface area contributed by atoms with Gasteiger partial charge in [-0.05, 0) is 47.9 Å². The van der Waals surface area contributed by atoms with E-state index in [-0.39, 0.29) is 5.56 Å². The first-order valence-electron chi connectivity index (χ1n) is 5.28. The summed E-state index contributed by atoms with van der Waals surface area (Å²) >= 11 is 0. The summed E-state index contributed by atoms with van der Waals surface area (Å²) in [4.78, 5) is 11.1. The van der Waals surface area contributed by atoms with E-state index in [9.17, 15) is 13.6 Å². The summed E-state index contributed by atoms with van der Waals surface area (Å²) in [6.07, 6.45) is 0. The Hall–Kier alpha value is -2.23. The van der Waals surface area contributed by atoms with Crippen LogP contribution in [0.25, 0.3) is 11.1 Å². The lowest BCUT2D eigenvalue weighted by atomic mass is 9.97. The highest BCUT2D eigenvalue weighted by Gasteiger charge is 2.14. The lowest BCUT2D eigenvalue weighted by Gasteiger charge is -2.08. The van der Waals surface area contributed by atoms with Gasteiger partial charge in [0.2, 0.25) is 0 Å². The lowest BCUT2D eigenvalue weighted by Crippen LogP contribution is -2.02. The molecule has 0 atom stereocenters. The van der Waals surface area contributed by atoms with Crippen molar-refractivity contribution >= 4 is 5.97 Å². The molecule has 0 radical (unpaired) electrons. The van der Waals surface area contributed by atoms with Gasteiger partial charge in [-0.25, -0.2) is 13.6 Å². The fraction of sp³-hybridized carbons (Fsp3) is 0.0714. The van der Waals surface area contributed by atoms with Gasteiger partial charge in [-0.1, -0.05) is 12.1 Å². The van der Waals surface area contributed by atoms with E-state index in [2.05, 4.69) is 0 Å². The topological polar surface area (TPSA) is 37.3 Å². The fourth-order valence-electron chi connectivity index (χ4n) is 1.73. The van der Waals surface area contributed by atoms with E-state index in [1.807, 2.05) is 0 Å². The highest BCUT2D eigenvalue weighted by atomic mass is 19.1. The van der Waals surface area contributed by atoms with Crippen LogP contribution in [0.15, 0.2) is 36.4 Å². The van der Waals surface area contributed by atoms with Gasteiger partial charge in [-0.3, -0.25) is 0 Å². The maximum absolute atomic E-state index is 13.4. The molecule has 4 heteroatoms. The molecule has 0 amide bonds. The van der Waals surface area contributed by atoms with Crippen molar-refractivity contribution < 1.29 is 18.7 Å². The van der Waals surface area contributed by atoms with E-state index in [1.54, 1.807) is 6.92 Å². The number of carboxylic acid groups (broad SMARTS) is 1. The largest absolute Gasteiger partial charge is 0.478 e. The molecule has 92 valence electrons. The van der Waals surface area contributed by atoms with E-state index >= 15 is 0 Å². The van der Waals surface area contributed by atoms with Crippen LogP contribution in [-0.2, 0) is 0 Å². The predicted molar refractivity (Wildman–Crippen MR) is 63.5 cm³/mol. The van der Waals surface area contributed by atoms with Crippen LogP contribution in [-0.4, -0.2) is 11.1 Å². The van der Waals surface area contributed by atoms with E-state index in [4.69, 9.17) is 5.11 Å². The van der Waals surface area contributed by atoms with Crippen LogP contribution in [0.3, 0.4) is 0 Å². The molecule has 2 aromatic carbocycles. The minimum Gasteiger partial charge on any atom is -0.478 e. The molecule has 0 aliphatic rings.